The van der Waals surface area contributed by atoms with Crippen LogP contribution in [0, 0.1) is 0 Å². The fourth-order valence-electron chi connectivity index (χ4n) is 4.90. The molecule has 1 atom stereocenters. The molecule has 2 aliphatic heterocycles. The van der Waals surface area contributed by atoms with E-state index in [9.17, 15) is 13.2 Å². The van der Waals surface area contributed by atoms with E-state index in [-0.39, 0.29) is 16.4 Å². The molecular weight excluding hydrogens is 595 g/mol. The van der Waals surface area contributed by atoms with Gasteiger partial charge in [-0.1, -0.05) is 32.1 Å². The summed E-state index contributed by atoms with van der Waals surface area (Å²) in [7, 11) is -3.70. The lowest BCUT2D eigenvalue weighted by Crippen LogP contribution is -2.45. The summed E-state index contributed by atoms with van der Waals surface area (Å²) >= 11 is 3.16. The molecule has 0 unspecified atom stereocenters. The lowest BCUT2D eigenvalue weighted by atomic mass is 9.94. The van der Waals surface area contributed by atoms with Crippen LogP contribution >= 0.6 is 23.1 Å². The van der Waals surface area contributed by atoms with Gasteiger partial charge in [-0.2, -0.15) is 4.31 Å². The summed E-state index contributed by atoms with van der Waals surface area (Å²) in [6.45, 7) is 13.1. The Morgan fingerprint density at radius 3 is 2.67 bits per heavy atom. The Morgan fingerprint density at radius 1 is 1.17 bits per heavy atom. The van der Waals surface area contributed by atoms with E-state index in [2.05, 4.69) is 36.1 Å². The van der Waals surface area contributed by atoms with Crippen molar-refractivity contribution in [1.29, 1.82) is 0 Å². The number of carbonyl (C=O) groups is 1. The largest absolute Gasteiger partial charge is 0.444 e. The van der Waals surface area contributed by atoms with E-state index in [1.165, 1.54) is 0 Å². The topological polar surface area (TPSA) is 118 Å². The predicted molar refractivity (Wildman–Crippen MR) is 166 cm³/mol. The summed E-state index contributed by atoms with van der Waals surface area (Å²) in [6, 6.07) is 4.97. The summed E-state index contributed by atoms with van der Waals surface area (Å²) in [4.78, 5) is 23.4. The zero-order valence-electron chi connectivity index (χ0n) is 25.0. The number of anilines is 2. The molecule has 3 aromatic rings. The van der Waals surface area contributed by atoms with Crippen LogP contribution in [0.3, 0.4) is 0 Å². The van der Waals surface area contributed by atoms with Gasteiger partial charge in [0.25, 0.3) is 0 Å². The van der Waals surface area contributed by atoms with Gasteiger partial charge in [-0.3, -0.25) is 4.90 Å². The quantitative estimate of drug-likeness (QED) is 0.300. The van der Waals surface area contributed by atoms with Crippen molar-refractivity contribution in [2.24, 2.45) is 0 Å². The number of benzene rings is 1. The lowest BCUT2D eigenvalue weighted by Gasteiger charge is -2.32. The van der Waals surface area contributed by atoms with E-state index in [1.807, 2.05) is 27.0 Å². The molecule has 228 valence electrons. The molecule has 0 aliphatic carbocycles. The van der Waals surface area contributed by atoms with Crippen LogP contribution in [0.5, 0.6) is 0 Å². The highest BCUT2D eigenvalue weighted by atomic mass is 32.2. The molecule has 10 nitrogen and oxygen atoms in total. The summed E-state index contributed by atoms with van der Waals surface area (Å²) in [5, 5.41) is 4.21. The highest BCUT2D eigenvalue weighted by Crippen LogP contribution is 2.35. The molecule has 0 saturated carbocycles. The zero-order chi connectivity index (χ0) is 30.3. The first kappa shape index (κ1) is 30.8. The number of amides is 1. The van der Waals surface area contributed by atoms with Crippen LogP contribution in [0.15, 0.2) is 44.1 Å². The van der Waals surface area contributed by atoms with Crippen molar-refractivity contribution in [1.82, 2.24) is 14.3 Å². The van der Waals surface area contributed by atoms with E-state index in [4.69, 9.17) is 9.15 Å². The second kappa shape index (κ2) is 11.8. The molecule has 0 spiro atoms. The van der Waals surface area contributed by atoms with Crippen LogP contribution in [0.25, 0.3) is 0 Å². The number of thiazole rings is 1. The predicted octanol–water partition coefficient (Wildman–Crippen LogP) is 6.28. The first-order chi connectivity index (χ1) is 19.7. The molecule has 1 fully saturated rings. The highest BCUT2D eigenvalue weighted by Gasteiger charge is 2.34. The standard InChI is InChI=1S/C29H39N5O5S3/c1-28(2,3)23-15-30-24(38-23)18-40-25-16-31-26(41-25)32-20-8-7-12-33(17-20)42(36,37)21-9-10-22-19(14-21)11-13-34(22)27(35)39-29(4,5)6/h9-10,14-16,20H,7-8,11-13,17-18H2,1-6H3,(H,31,32)/t20-/m1/s1. The van der Waals surface area contributed by atoms with E-state index in [1.54, 1.807) is 56.7 Å². The minimum Gasteiger partial charge on any atom is -0.444 e. The minimum atomic E-state index is -3.70. The van der Waals surface area contributed by atoms with Gasteiger partial charge in [0, 0.05) is 31.1 Å². The number of aromatic nitrogens is 2. The third kappa shape index (κ3) is 7.12. The van der Waals surface area contributed by atoms with Crippen molar-refractivity contribution < 1.29 is 22.4 Å². The maximum atomic E-state index is 13.6. The van der Waals surface area contributed by atoms with E-state index < -0.39 is 21.7 Å². The summed E-state index contributed by atoms with van der Waals surface area (Å²) in [5.41, 5.74) is 0.856. The van der Waals surface area contributed by atoms with E-state index in [0.717, 1.165) is 33.5 Å². The summed E-state index contributed by atoms with van der Waals surface area (Å²) in [6.07, 6.45) is 5.39. The third-order valence-corrected chi connectivity index (χ3v) is 11.0. The van der Waals surface area contributed by atoms with Crippen molar-refractivity contribution >= 4 is 50.0 Å². The van der Waals surface area contributed by atoms with Crippen LogP contribution in [-0.2, 0) is 32.3 Å². The van der Waals surface area contributed by atoms with E-state index in [0.29, 0.717) is 43.4 Å². The Labute approximate surface area is 256 Å². The molecule has 1 N–H and O–H groups in total. The molecule has 2 aliphatic rings. The molecule has 1 saturated heterocycles. The Balaban J connectivity index is 1.19. The number of oxazole rings is 1. The normalized spacial score (nSPS) is 18.2. The minimum absolute atomic E-state index is 0.0457. The maximum absolute atomic E-state index is 13.6. The first-order valence-corrected chi connectivity index (χ1v) is 17.4. The van der Waals surface area contributed by atoms with Gasteiger partial charge >= 0.3 is 6.09 Å². The molecule has 1 amide bonds. The number of rotatable bonds is 7. The van der Waals surface area contributed by atoms with Gasteiger partial charge in [-0.05, 0) is 63.8 Å². The number of sulfonamides is 1. The van der Waals surface area contributed by atoms with Crippen molar-refractivity contribution in [2.45, 2.75) is 92.7 Å². The lowest BCUT2D eigenvalue weighted by molar-refractivity contribution is 0.0584. The van der Waals surface area contributed by atoms with Crippen molar-refractivity contribution in [2.75, 3.05) is 29.9 Å². The summed E-state index contributed by atoms with van der Waals surface area (Å²) < 4.78 is 41.3. The van der Waals surface area contributed by atoms with Gasteiger partial charge in [0.05, 0.1) is 32.9 Å². The molecular formula is C29H39N5O5S3. The smallest absolute Gasteiger partial charge is 0.414 e. The van der Waals surface area contributed by atoms with Gasteiger partial charge in [-0.25, -0.2) is 23.2 Å². The number of nitrogens with zero attached hydrogens (tertiary/aromatic N) is 4. The number of fused-ring (bicyclic) bond motifs is 1. The number of nitrogens with one attached hydrogen (secondary N) is 1. The molecule has 42 heavy (non-hydrogen) atoms. The van der Waals surface area contributed by atoms with Crippen LogP contribution in [-0.4, -0.2) is 60.1 Å². The van der Waals surface area contributed by atoms with Crippen molar-refractivity contribution in [3.8, 4) is 0 Å². The zero-order valence-corrected chi connectivity index (χ0v) is 27.4. The molecule has 13 heteroatoms. The van der Waals surface area contributed by atoms with Gasteiger partial charge in [0.2, 0.25) is 15.9 Å². The van der Waals surface area contributed by atoms with Gasteiger partial charge in [0.1, 0.15) is 11.4 Å². The monoisotopic (exact) mass is 633 g/mol. The Morgan fingerprint density at radius 2 is 1.95 bits per heavy atom. The Bertz CT molecular complexity index is 1540. The van der Waals surface area contributed by atoms with Crippen molar-refractivity contribution in [3.63, 3.8) is 0 Å². The third-order valence-electron chi connectivity index (χ3n) is 7.03. The molecule has 0 radical (unpaired) electrons. The average molecular weight is 634 g/mol. The average Bonchev–Trinajstić information content (AvgIpc) is 3.65. The van der Waals surface area contributed by atoms with Gasteiger partial charge < -0.3 is 14.5 Å². The van der Waals surface area contributed by atoms with Crippen LogP contribution < -0.4 is 10.2 Å². The number of thioether (sulfide) groups is 1. The molecule has 1 aromatic carbocycles. The number of piperidine rings is 1. The number of hydrogen-bond donors (Lipinski definition) is 1. The summed E-state index contributed by atoms with van der Waals surface area (Å²) in [5.74, 6) is 2.16. The molecule has 0 bridgehead atoms. The van der Waals surface area contributed by atoms with E-state index >= 15 is 0 Å². The van der Waals surface area contributed by atoms with Crippen molar-refractivity contribution in [3.05, 3.63) is 47.8 Å². The van der Waals surface area contributed by atoms with Gasteiger partial charge in [-0.15, -0.1) is 11.8 Å². The highest BCUT2D eigenvalue weighted by molar-refractivity contribution is 8.00. The Hall–Kier alpha value is -2.61. The Kier molecular flexibility index (Phi) is 8.68. The second-order valence-electron chi connectivity index (χ2n) is 12.7. The second-order valence-corrected chi connectivity index (χ2v) is 16.9. The van der Waals surface area contributed by atoms with Crippen LogP contribution in [0.1, 0.15) is 71.6 Å². The SMILES string of the molecule is CC(C)(C)OC(=O)N1CCc2cc(S(=O)(=O)N3CCC[C@@H](Nc4ncc(SCc5ncc(C(C)(C)C)o5)s4)C3)ccc21. The fraction of sp³-hybridized carbons (Fsp3) is 0.552. The number of hydrogen-bond acceptors (Lipinski definition) is 10. The van der Waals surface area contributed by atoms with Gasteiger partial charge in [0.15, 0.2) is 5.13 Å². The van der Waals surface area contributed by atoms with Crippen LogP contribution in [0.4, 0.5) is 15.6 Å². The van der Waals surface area contributed by atoms with Crippen LogP contribution in [0.2, 0.25) is 0 Å². The first-order valence-electron chi connectivity index (χ1n) is 14.1. The molecule has 5 rings (SSSR count). The maximum Gasteiger partial charge on any atom is 0.414 e. The number of carbonyl (C=O) groups excluding carboxylic acids is 1. The number of ether oxygens (including phenoxy) is 1. The fourth-order valence-corrected chi connectivity index (χ4v) is 8.27. The molecule has 2 aromatic heterocycles. The molecule has 4 heterocycles.